The first-order valence-electron chi connectivity index (χ1n) is 7.75. The summed E-state index contributed by atoms with van der Waals surface area (Å²) in [7, 11) is -3.89. The van der Waals surface area contributed by atoms with Crippen molar-refractivity contribution in [3.05, 3.63) is 30.1 Å². The van der Waals surface area contributed by atoms with Crippen LogP contribution in [0.4, 0.5) is 15.2 Å². The molecule has 142 valence electrons. The molecule has 0 aliphatic carbocycles. The Labute approximate surface area is 160 Å². The van der Waals surface area contributed by atoms with Crippen LogP contribution in [-0.2, 0) is 14.8 Å². The van der Waals surface area contributed by atoms with Crippen LogP contribution in [0.2, 0.25) is 0 Å². The molecule has 0 saturated heterocycles. The lowest BCUT2D eigenvalue weighted by Crippen LogP contribution is -2.45. The summed E-state index contributed by atoms with van der Waals surface area (Å²) in [6.07, 6.45) is 1.91. The van der Waals surface area contributed by atoms with Gasteiger partial charge in [0.2, 0.25) is 21.1 Å². The van der Waals surface area contributed by atoms with Crippen molar-refractivity contribution in [3.8, 4) is 0 Å². The molecule has 2 aromatic rings. The first-order chi connectivity index (χ1) is 12.2. The molecule has 1 aromatic heterocycles. The van der Waals surface area contributed by atoms with Crippen molar-refractivity contribution in [1.29, 1.82) is 0 Å². The van der Waals surface area contributed by atoms with Crippen LogP contribution < -0.4 is 9.62 Å². The molecule has 26 heavy (non-hydrogen) atoms. The number of carbonyl (C=O) groups is 1. The average molecular weight is 419 g/mol. The van der Waals surface area contributed by atoms with Gasteiger partial charge in [-0.15, -0.1) is 10.2 Å². The molecule has 1 atom stereocenters. The maximum atomic E-state index is 14.1. The first-order valence-corrected chi connectivity index (χ1v) is 11.4. The Morgan fingerprint density at radius 3 is 2.69 bits per heavy atom. The standard InChI is InChI=1S/C15H19FN4O3S3/c1-4-9-24-15-19-18-14(25-15)17-13(21)10(2)20(26(3,22)23)12-8-6-5-7-11(12)16/h5-8,10H,4,9H2,1-3H3,(H,17,18,21)/t10-/m1/s1. The minimum Gasteiger partial charge on any atom is -0.299 e. The van der Waals surface area contributed by atoms with Gasteiger partial charge in [0, 0.05) is 5.75 Å². The zero-order valence-corrected chi connectivity index (χ0v) is 16.9. The number of para-hydroxylation sites is 1. The second-order valence-corrected chi connectivity index (χ2v) is 9.58. The molecule has 1 aromatic carbocycles. The molecule has 0 unspecified atom stereocenters. The van der Waals surface area contributed by atoms with E-state index in [1.54, 1.807) is 0 Å². The van der Waals surface area contributed by atoms with Crippen molar-refractivity contribution < 1.29 is 17.6 Å². The van der Waals surface area contributed by atoms with Crippen LogP contribution in [0.3, 0.4) is 0 Å². The third-order valence-corrected chi connectivity index (χ3v) is 6.65. The number of thioether (sulfide) groups is 1. The third kappa shape index (κ3) is 5.15. The number of hydrogen-bond acceptors (Lipinski definition) is 7. The second-order valence-electron chi connectivity index (χ2n) is 5.40. The van der Waals surface area contributed by atoms with Gasteiger partial charge in [-0.2, -0.15) is 0 Å². The Kier molecular flexibility index (Phi) is 6.95. The van der Waals surface area contributed by atoms with Gasteiger partial charge in [0.1, 0.15) is 11.9 Å². The SMILES string of the molecule is CCCSc1nnc(NC(=O)[C@@H](C)N(c2ccccc2F)S(C)(=O)=O)s1. The van der Waals surface area contributed by atoms with E-state index in [2.05, 4.69) is 15.5 Å². The molecule has 1 N–H and O–H groups in total. The van der Waals surface area contributed by atoms with Crippen LogP contribution >= 0.6 is 23.1 Å². The number of rotatable bonds is 8. The maximum absolute atomic E-state index is 14.1. The smallest absolute Gasteiger partial charge is 0.249 e. The van der Waals surface area contributed by atoms with Gasteiger partial charge in [-0.25, -0.2) is 12.8 Å². The highest BCUT2D eigenvalue weighted by Crippen LogP contribution is 2.27. The summed E-state index contributed by atoms with van der Waals surface area (Å²) in [5.41, 5.74) is -0.186. The van der Waals surface area contributed by atoms with Gasteiger partial charge in [0.05, 0.1) is 11.9 Å². The number of amides is 1. The summed E-state index contributed by atoms with van der Waals surface area (Å²) in [6, 6.07) is 4.23. The number of hydrogen-bond donors (Lipinski definition) is 1. The summed E-state index contributed by atoms with van der Waals surface area (Å²) < 4.78 is 39.9. The predicted molar refractivity (Wildman–Crippen MR) is 103 cm³/mol. The maximum Gasteiger partial charge on any atom is 0.249 e. The van der Waals surface area contributed by atoms with Gasteiger partial charge in [-0.05, 0) is 25.5 Å². The number of anilines is 2. The zero-order valence-electron chi connectivity index (χ0n) is 14.5. The van der Waals surface area contributed by atoms with E-state index in [1.165, 1.54) is 48.2 Å². The van der Waals surface area contributed by atoms with Crippen LogP contribution in [-0.4, -0.2) is 42.6 Å². The molecule has 0 bridgehead atoms. The van der Waals surface area contributed by atoms with E-state index in [-0.39, 0.29) is 10.8 Å². The van der Waals surface area contributed by atoms with E-state index >= 15 is 0 Å². The monoisotopic (exact) mass is 418 g/mol. The van der Waals surface area contributed by atoms with E-state index in [0.717, 1.165) is 28.8 Å². The molecule has 11 heteroatoms. The van der Waals surface area contributed by atoms with Gasteiger partial charge >= 0.3 is 0 Å². The minimum absolute atomic E-state index is 0.186. The van der Waals surface area contributed by atoms with Crippen molar-refractivity contribution >= 4 is 49.8 Å². The number of nitrogens with one attached hydrogen (secondary N) is 1. The normalized spacial score (nSPS) is 12.6. The van der Waals surface area contributed by atoms with E-state index in [1.807, 2.05) is 6.92 Å². The minimum atomic E-state index is -3.89. The number of nitrogens with zero attached hydrogens (tertiary/aromatic N) is 3. The molecule has 0 fully saturated rings. The van der Waals surface area contributed by atoms with Crippen molar-refractivity contribution in [3.63, 3.8) is 0 Å². The Morgan fingerprint density at radius 1 is 1.38 bits per heavy atom. The fraction of sp³-hybridized carbons (Fsp3) is 0.400. The molecule has 2 rings (SSSR count). The average Bonchev–Trinajstić information content (AvgIpc) is 3.01. The van der Waals surface area contributed by atoms with E-state index < -0.39 is 27.8 Å². The van der Waals surface area contributed by atoms with Crippen LogP contribution in [0.5, 0.6) is 0 Å². The molecular formula is C15H19FN4O3S3. The molecule has 1 amide bonds. The van der Waals surface area contributed by atoms with Crippen LogP contribution in [0.15, 0.2) is 28.6 Å². The largest absolute Gasteiger partial charge is 0.299 e. The predicted octanol–water partition coefficient (Wildman–Crippen LogP) is 2.97. The van der Waals surface area contributed by atoms with E-state index in [4.69, 9.17) is 0 Å². The molecule has 7 nitrogen and oxygen atoms in total. The summed E-state index contributed by atoms with van der Waals surface area (Å²) in [4.78, 5) is 12.5. The number of benzene rings is 1. The van der Waals surface area contributed by atoms with Gasteiger partial charge in [-0.1, -0.05) is 42.2 Å². The van der Waals surface area contributed by atoms with Crippen molar-refractivity contribution in [2.24, 2.45) is 0 Å². The molecule has 0 aliphatic heterocycles. The van der Waals surface area contributed by atoms with Crippen LogP contribution in [0.25, 0.3) is 0 Å². The van der Waals surface area contributed by atoms with Crippen LogP contribution in [0.1, 0.15) is 20.3 Å². The number of halogens is 1. The topological polar surface area (TPSA) is 92.3 Å². The highest BCUT2D eigenvalue weighted by atomic mass is 32.2. The Morgan fingerprint density at radius 2 is 2.08 bits per heavy atom. The van der Waals surface area contributed by atoms with Gasteiger partial charge in [0.25, 0.3) is 0 Å². The Bertz CT molecular complexity index is 873. The summed E-state index contributed by atoms with van der Waals surface area (Å²) in [5, 5.41) is 10.6. The number of sulfonamides is 1. The quantitative estimate of drug-likeness (QED) is 0.523. The molecule has 0 spiro atoms. The molecule has 0 radical (unpaired) electrons. The Balaban J connectivity index is 2.20. The Hall–Kier alpha value is -1.72. The third-order valence-electron chi connectivity index (χ3n) is 3.24. The summed E-state index contributed by atoms with van der Waals surface area (Å²) >= 11 is 2.73. The second kappa shape index (κ2) is 8.78. The highest BCUT2D eigenvalue weighted by molar-refractivity contribution is 8.01. The zero-order chi connectivity index (χ0) is 19.3. The van der Waals surface area contributed by atoms with Crippen molar-refractivity contribution in [2.75, 3.05) is 21.6 Å². The van der Waals surface area contributed by atoms with Gasteiger partial charge in [-0.3, -0.25) is 14.4 Å². The first kappa shape index (κ1) is 20.6. The summed E-state index contributed by atoms with van der Waals surface area (Å²) in [6.45, 7) is 3.43. The van der Waals surface area contributed by atoms with Crippen LogP contribution in [0, 0.1) is 5.82 Å². The number of carbonyl (C=O) groups excluding carboxylic acids is 1. The van der Waals surface area contributed by atoms with Crippen molar-refractivity contribution in [2.45, 2.75) is 30.6 Å². The van der Waals surface area contributed by atoms with E-state index in [0.29, 0.717) is 4.34 Å². The lowest BCUT2D eigenvalue weighted by atomic mass is 10.2. The number of aromatic nitrogens is 2. The molecular weight excluding hydrogens is 399 g/mol. The van der Waals surface area contributed by atoms with Gasteiger partial charge < -0.3 is 0 Å². The lowest BCUT2D eigenvalue weighted by molar-refractivity contribution is -0.116. The van der Waals surface area contributed by atoms with Gasteiger partial charge in [0.15, 0.2) is 4.34 Å². The molecule has 0 aliphatic rings. The van der Waals surface area contributed by atoms with Crippen molar-refractivity contribution in [1.82, 2.24) is 10.2 Å². The molecule has 1 heterocycles. The summed E-state index contributed by atoms with van der Waals surface area (Å²) in [5.74, 6) is -0.470. The fourth-order valence-electron chi connectivity index (χ4n) is 2.13. The van der Waals surface area contributed by atoms with E-state index in [9.17, 15) is 17.6 Å². The lowest BCUT2D eigenvalue weighted by Gasteiger charge is -2.28. The molecule has 0 saturated carbocycles. The highest BCUT2D eigenvalue weighted by Gasteiger charge is 2.31. The fourth-order valence-corrected chi connectivity index (χ4v) is 4.98.